The summed E-state index contributed by atoms with van der Waals surface area (Å²) < 4.78 is 7.00. The van der Waals surface area contributed by atoms with Gasteiger partial charge >= 0.3 is 0 Å². The van der Waals surface area contributed by atoms with Gasteiger partial charge in [0.1, 0.15) is 6.04 Å². The maximum absolute atomic E-state index is 13.3. The number of para-hydroxylation sites is 1. The molecule has 0 aliphatic carbocycles. The van der Waals surface area contributed by atoms with Gasteiger partial charge in [0.05, 0.1) is 13.2 Å². The number of aromatic amines is 1. The molecule has 3 heterocycles. The number of ether oxygens (including phenoxy) is 1. The van der Waals surface area contributed by atoms with Crippen LogP contribution in [0.5, 0.6) is 0 Å². The molecule has 0 radical (unpaired) electrons. The summed E-state index contributed by atoms with van der Waals surface area (Å²) in [4.78, 5) is 21.1. The minimum Gasteiger partial charge on any atom is -0.383 e. The summed E-state index contributed by atoms with van der Waals surface area (Å²) in [5, 5.41) is 13.5. The number of piperazine rings is 1. The van der Waals surface area contributed by atoms with Crippen LogP contribution in [0.1, 0.15) is 23.0 Å². The molecule has 1 saturated heterocycles. The van der Waals surface area contributed by atoms with Crippen LogP contribution in [0.4, 0.5) is 5.69 Å². The SMILES string of the molecule is COCCn1nnnc1[C@@H](c1cc2cc(C)ccc2[nH]c1=O)N1CCN(c2ccccc2)CC1. The molecule has 1 aliphatic heterocycles. The first-order chi connectivity index (χ1) is 16.6. The van der Waals surface area contributed by atoms with Crippen molar-refractivity contribution in [3.05, 3.63) is 81.9 Å². The lowest BCUT2D eigenvalue weighted by atomic mass is 10.0. The number of nitrogens with zero attached hydrogens (tertiary/aromatic N) is 6. The topological polar surface area (TPSA) is 92.2 Å². The van der Waals surface area contributed by atoms with Crippen LogP contribution in [0.3, 0.4) is 0 Å². The number of hydrogen-bond donors (Lipinski definition) is 1. The number of pyridine rings is 1. The van der Waals surface area contributed by atoms with Crippen molar-refractivity contribution in [1.29, 1.82) is 0 Å². The largest absolute Gasteiger partial charge is 0.383 e. The van der Waals surface area contributed by atoms with E-state index >= 15 is 0 Å². The van der Waals surface area contributed by atoms with Crippen molar-refractivity contribution in [2.45, 2.75) is 19.5 Å². The molecular weight excluding hydrogens is 430 g/mol. The van der Waals surface area contributed by atoms with Crippen molar-refractivity contribution in [1.82, 2.24) is 30.1 Å². The van der Waals surface area contributed by atoms with Gasteiger partial charge in [-0.1, -0.05) is 29.8 Å². The lowest BCUT2D eigenvalue weighted by Gasteiger charge is -2.39. The van der Waals surface area contributed by atoms with Gasteiger partial charge in [-0.25, -0.2) is 4.68 Å². The van der Waals surface area contributed by atoms with Crippen LogP contribution < -0.4 is 10.5 Å². The van der Waals surface area contributed by atoms with Crippen molar-refractivity contribution in [2.24, 2.45) is 0 Å². The molecule has 9 nitrogen and oxygen atoms in total. The zero-order valence-electron chi connectivity index (χ0n) is 19.5. The van der Waals surface area contributed by atoms with E-state index < -0.39 is 0 Å². The van der Waals surface area contributed by atoms with Gasteiger partial charge in [0, 0.05) is 50.1 Å². The summed E-state index contributed by atoms with van der Waals surface area (Å²) in [5.74, 6) is 0.655. The van der Waals surface area contributed by atoms with Crippen LogP contribution in [-0.4, -0.2) is 70.0 Å². The standard InChI is InChI=1S/C25H29N7O2/c1-18-8-9-22-19(16-18)17-21(25(33)26-22)23(24-27-28-29-32(24)14-15-34-2)31-12-10-30(11-13-31)20-6-4-3-5-7-20/h3-9,16-17,23H,10-15H2,1-2H3,(H,26,33)/t23-/m1/s1. The Bertz CT molecular complexity index is 1310. The summed E-state index contributed by atoms with van der Waals surface area (Å²) in [6.45, 7) is 6.32. The highest BCUT2D eigenvalue weighted by atomic mass is 16.5. The van der Waals surface area contributed by atoms with E-state index in [-0.39, 0.29) is 11.6 Å². The molecule has 1 N–H and O–H groups in total. The molecule has 2 aromatic carbocycles. The van der Waals surface area contributed by atoms with Gasteiger partial charge in [0.2, 0.25) is 0 Å². The fourth-order valence-electron chi connectivity index (χ4n) is 4.67. The summed E-state index contributed by atoms with van der Waals surface area (Å²) in [6.07, 6.45) is 0. The third kappa shape index (κ3) is 4.44. The number of H-pyrrole nitrogens is 1. The first kappa shape index (κ1) is 22.2. The molecule has 1 atom stereocenters. The molecule has 176 valence electrons. The highest BCUT2D eigenvalue weighted by Gasteiger charge is 2.32. The molecule has 4 aromatic rings. The number of aryl methyl sites for hydroxylation is 1. The lowest BCUT2D eigenvalue weighted by Crippen LogP contribution is -2.49. The van der Waals surface area contributed by atoms with E-state index in [0.717, 1.165) is 42.6 Å². The summed E-state index contributed by atoms with van der Waals surface area (Å²) in [6, 6.07) is 18.1. The molecule has 0 unspecified atom stereocenters. The van der Waals surface area contributed by atoms with Gasteiger partial charge in [-0.05, 0) is 53.1 Å². The molecule has 34 heavy (non-hydrogen) atoms. The van der Waals surface area contributed by atoms with Crippen LogP contribution in [0.2, 0.25) is 0 Å². The molecule has 1 aliphatic rings. The van der Waals surface area contributed by atoms with Crippen LogP contribution >= 0.6 is 0 Å². The average Bonchev–Trinajstić information content (AvgIpc) is 3.32. The van der Waals surface area contributed by atoms with E-state index in [0.29, 0.717) is 24.5 Å². The number of benzene rings is 2. The number of hydrogen-bond acceptors (Lipinski definition) is 7. The normalized spacial score (nSPS) is 15.6. The van der Waals surface area contributed by atoms with Crippen molar-refractivity contribution in [3.63, 3.8) is 0 Å². The number of methoxy groups -OCH3 is 1. The van der Waals surface area contributed by atoms with E-state index in [1.165, 1.54) is 5.69 Å². The van der Waals surface area contributed by atoms with Crippen molar-refractivity contribution in [2.75, 3.05) is 44.8 Å². The molecule has 5 rings (SSSR count). The second kappa shape index (κ2) is 9.74. The van der Waals surface area contributed by atoms with Crippen molar-refractivity contribution >= 4 is 16.6 Å². The Labute approximate surface area is 198 Å². The number of fused-ring (bicyclic) bond motifs is 1. The van der Waals surface area contributed by atoms with Crippen LogP contribution in [0.25, 0.3) is 10.9 Å². The first-order valence-electron chi connectivity index (χ1n) is 11.6. The Kier molecular flexibility index (Phi) is 6.37. The maximum atomic E-state index is 13.3. The molecular formula is C25H29N7O2. The summed E-state index contributed by atoms with van der Waals surface area (Å²) in [7, 11) is 1.65. The van der Waals surface area contributed by atoms with Gasteiger partial charge in [0.25, 0.3) is 5.56 Å². The fourth-order valence-corrected chi connectivity index (χ4v) is 4.67. The molecule has 0 bridgehead atoms. The van der Waals surface area contributed by atoms with Crippen LogP contribution in [-0.2, 0) is 11.3 Å². The number of aromatic nitrogens is 5. The third-order valence-electron chi connectivity index (χ3n) is 6.44. The zero-order chi connectivity index (χ0) is 23.5. The molecule has 0 spiro atoms. The van der Waals surface area contributed by atoms with Gasteiger partial charge in [-0.15, -0.1) is 5.10 Å². The highest BCUT2D eigenvalue weighted by molar-refractivity contribution is 5.79. The number of anilines is 1. The van der Waals surface area contributed by atoms with Gasteiger partial charge in [-0.3, -0.25) is 9.69 Å². The van der Waals surface area contributed by atoms with E-state index in [2.05, 4.69) is 67.6 Å². The average molecular weight is 460 g/mol. The molecule has 9 heteroatoms. The van der Waals surface area contributed by atoms with Gasteiger partial charge in [0.15, 0.2) is 5.82 Å². The minimum absolute atomic E-state index is 0.117. The predicted octanol–water partition coefficient (Wildman–Crippen LogP) is 2.38. The Balaban J connectivity index is 1.53. The Morgan fingerprint density at radius 2 is 1.85 bits per heavy atom. The van der Waals surface area contributed by atoms with E-state index in [9.17, 15) is 4.79 Å². The van der Waals surface area contributed by atoms with E-state index in [4.69, 9.17) is 4.74 Å². The number of nitrogens with one attached hydrogen (secondary N) is 1. The van der Waals surface area contributed by atoms with Crippen LogP contribution in [0.15, 0.2) is 59.4 Å². The monoisotopic (exact) mass is 459 g/mol. The lowest BCUT2D eigenvalue weighted by molar-refractivity contribution is 0.171. The first-order valence-corrected chi connectivity index (χ1v) is 11.6. The maximum Gasteiger partial charge on any atom is 0.253 e. The molecule has 0 saturated carbocycles. The van der Waals surface area contributed by atoms with Crippen molar-refractivity contribution in [3.8, 4) is 0 Å². The predicted molar refractivity (Wildman–Crippen MR) is 131 cm³/mol. The number of rotatable bonds is 7. The molecule has 1 fully saturated rings. The quantitative estimate of drug-likeness (QED) is 0.454. The van der Waals surface area contributed by atoms with Crippen LogP contribution in [0, 0.1) is 6.92 Å². The van der Waals surface area contributed by atoms with E-state index in [1.54, 1.807) is 11.8 Å². The Morgan fingerprint density at radius 1 is 1.06 bits per heavy atom. The minimum atomic E-state index is -0.363. The molecule has 0 amide bonds. The van der Waals surface area contributed by atoms with Gasteiger partial charge in [-0.2, -0.15) is 0 Å². The van der Waals surface area contributed by atoms with E-state index in [1.807, 2.05) is 24.3 Å². The Morgan fingerprint density at radius 3 is 2.62 bits per heavy atom. The summed E-state index contributed by atoms with van der Waals surface area (Å²) in [5.41, 5.74) is 3.71. The Hall–Kier alpha value is -3.56. The second-order valence-electron chi connectivity index (χ2n) is 8.66. The zero-order valence-corrected chi connectivity index (χ0v) is 19.5. The number of tetrazole rings is 1. The smallest absolute Gasteiger partial charge is 0.253 e. The second-order valence-corrected chi connectivity index (χ2v) is 8.66. The van der Waals surface area contributed by atoms with Crippen molar-refractivity contribution < 1.29 is 4.74 Å². The van der Waals surface area contributed by atoms with Gasteiger partial charge < -0.3 is 14.6 Å². The summed E-state index contributed by atoms with van der Waals surface area (Å²) >= 11 is 0. The molecule has 2 aromatic heterocycles. The third-order valence-corrected chi connectivity index (χ3v) is 6.44. The fraction of sp³-hybridized carbons (Fsp3) is 0.360. The highest BCUT2D eigenvalue weighted by Crippen LogP contribution is 2.29.